The zero-order valence-electron chi connectivity index (χ0n) is 12.4. The smallest absolute Gasteiger partial charge is 0.293 e. The Balaban J connectivity index is 1.83. The molecule has 3 heterocycles. The summed E-state index contributed by atoms with van der Waals surface area (Å²) in [6.45, 7) is 0.0523. The van der Waals surface area contributed by atoms with Gasteiger partial charge in [-0.3, -0.25) is 4.79 Å². The van der Waals surface area contributed by atoms with Gasteiger partial charge in [0.05, 0.1) is 12.8 Å². The molecule has 0 fully saturated rings. The number of carbonyl (C=O) groups is 1. The molecule has 3 aromatic heterocycles. The van der Waals surface area contributed by atoms with Crippen LogP contribution in [0.1, 0.15) is 21.1 Å². The van der Waals surface area contributed by atoms with E-state index >= 15 is 0 Å². The van der Waals surface area contributed by atoms with Crippen LogP contribution in [0.5, 0.6) is 0 Å². The first-order valence-corrected chi connectivity index (χ1v) is 7.47. The van der Waals surface area contributed by atoms with Gasteiger partial charge in [0.15, 0.2) is 5.69 Å². The number of aromatic nitrogens is 5. The second kappa shape index (κ2) is 6.97. The minimum atomic E-state index is -0.545. The molecule has 11 nitrogen and oxygen atoms in total. The van der Waals surface area contributed by atoms with Crippen LogP contribution in [-0.4, -0.2) is 44.5 Å². The number of amides is 1. The SMILES string of the molecule is COCc1c(C(=O)N/N=C\c2cccs2)nnn1-c1nonc1N. The topological polar surface area (TPSA) is 146 Å². The van der Waals surface area contributed by atoms with Gasteiger partial charge in [0, 0.05) is 12.0 Å². The first-order valence-electron chi connectivity index (χ1n) is 6.59. The second-order valence-electron chi connectivity index (χ2n) is 4.42. The monoisotopic (exact) mass is 348 g/mol. The quantitative estimate of drug-likeness (QED) is 0.474. The largest absolute Gasteiger partial charge is 0.378 e. The number of nitrogens with one attached hydrogen (secondary N) is 1. The maximum atomic E-state index is 12.3. The van der Waals surface area contributed by atoms with Crippen molar-refractivity contribution in [1.29, 1.82) is 0 Å². The molecule has 3 aromatic rings. The van der Waals surface area contributed by atoms with E-state index in [2.05, 4.69) is 35.8 Å². The summed E-state index contributed by atoms with van der Waals surface area (Å²) in [5.41, 5.74) is 8.39. The minimum Gasteiger partial charge on any atom is -0.378 e. The lowest BCUT2D eigenvalue weighted by Crippen LogP contribution is -2.20. The molecule has 0 saturated carbocycles. The summed E-state index contributed by atoms with van der Waals surface area (Å²) in [5.74, 6) is -0.410. The summed E-state index contributed by atoms with van der Waals surface area (Å²) < 4.78 is 10.8. The van der Waals surface area contributed by atoms with Crippen LogP contribution in [0.25, 0.3) is 5.82 Å². The lowest BCUT2D eigenvalue weighted by molar-refractivity contribution is 0.0944. The highest BCUT2D eigenvalue weighted by atomic mass is 32.1. The van der Waals surface area contributed by atoms with Crippen LogP contribution in [0.15, 0.2) is 27.2 Å². The first-order chi connectivity index (χ1) is 11.7. The van der Waals surface area contributed by atoms with Crippen molar-refractivity contribution in [3.05, 3.63) is 33.8 Å². The number of thiophene rings is 1. The van der Waals surface area contributed by atoms with E-state index in [1.54, 1.807) is 0 Å². The Morgan fingerprint density at radius 3 is 3.12 bits per heavy atom. The highest BCUT2D eigenvalue weighted by molar-refractivity contribution is 7.11. The maximum absolute atomic E-state index is 12.3. The summed E-state index contributed by atoms with van der Waals surface area (Å²) in [4.78, 5) is 13.2. The van der Waals surface area contributed by atoms with E-state index < -0.39 is 5.91 Å². The molecule has 0 spiro atoms. The number of nitrogens with zero attached hydrogens (tertiary/aromatic N) is 6. The predicted octanol–water partition coefficient (Wildman–Crippen LogP) is 0.204. The number of anilines is 1. The zero-order valence-corrected chi connectivity index (χ0v) is 13.2. The molecular weight excluding hydrogens is 336 g/mol. The summed E-state index contributed by atoms with van der Waals surface area (Å²) in [5, 5.41) is 20.6. The molecule has 3 rings (SSSR count). The van der Waals surface area contributed by atoms with Crippen molar-refractivity contribution in [2.75, 3.05) is 12.8 Å². The van der Waals surface area contributed by atoms with Crippen molar-refractivity contribution in [2.24, 2.45) is 5.10 Å². The Morgan fingerprint density at radius 1 is 1.58 bits per heavy atom. The van der Waals surface area contributed by atoms with Gasteiger partial charge < -0.3 is 10.5 Å². The van der Waals surface area contributed by atoms with Gasteiger partial charge in [-0.05, 0) is 21.8 Å². The molecule has 3 N–H and O–H groups in total. The van der Waals surface area contributed by atoms with Crippen molar-refractivity contribution in [3.63, 3.8) is 0 Å². The van der Waals surface area contributed by atoms with Gasteiger partial charge in [0.1, 0.15) is 5.69 Å². The number of carbonyl (C=O) groups excluding carboxylic acids is 1. The molecule has 0 aromatic carbocycles. The Labute approximate surface area is 139 Å². The molecule has 124 valence electrons. The molecular formula is C12H12N8O3S. The van der Waals surface area contributed by atoms with E-state index in [-0.39, 0.29) is 23.9 Å². The van der Waals surface area contributed by atoms with Crippen molar-refractivity contribution in [3.8, 4) is 5.82 Å². The number of hydrogen-bond donors (Lipinski definition) is 2. The summed E-state index contributed by atoms with van der Waals surface area (Å²) in [7, 11) is 1.47. The van der Waals surface area contributed by atoms with E-state index in [1.807, 2.05) is 17.5 Å². The normalized spacial score (nSPS) is 11.2. The molecule has 0 aliphatic carbocycles. The van der Waals surface area contributed by atoms with Gasteiger partial charge >= 0.3 is 0 Å². The molecule has 0 saturated heterocycles. The van der Waals surface area contributed by atoms with Gasteiger partial charge in [-0.25, -0.2) is 10.1 Å². The number of hydrogen-bond acceptors (Lipinski definition) is 10. The summed E-state index contributed by atoms with van der Waals surface area (Å²) in [6.07, 6.45) is 1.53. The number of nitrogen functional groups attached to an aromatic ring is 1. The van der Waals surface area contributed by atoms with E-state index in [4.69, 9.17) is 10.5 Å². The van der Waals surface area contributed by atoms with Crippen molar-refractivity contribution in [1.82, 2.24) is 30.7 Å². The fourth-order valence-electron chi connectivity index (χ4n) is 1.82. The fourth-order valence-corrected chi connectivity index (χ4v) is 2.41. The number of nitrogens with two attached hydrogens (primary N) is 1. The van der Waals surface area contributed by atoms with Gasteiger partial charge in [-0.15, -0.1) is 16.4 Å². The molecule has 0 aliphatic heterocycles. The third-order valence-electron chi connectivity index (χ3n) is 2.86. The standard InChI is InChI=1S/C12H12N8O3S/c1-22-6-8-9(12(21)16-14-5-7-3-2-4-24-7)15-19-20(8)11-10(13)17-23-18-11/h2-5H,6H2,1H3,(H2,13,17)(H,16,21)/b14-5-. The summed E-state index contributed by atoms with van der Waals surface area (Å²) in [6, 6.07) is 3.75. The van der Waals surface area contributed by atoms with E-state index in [0.29, 0.717) is 5.69 Å². The van der Waals surface area contributed by atoms with Gasteiger partial charge in [0.2, 0.25) is 11.6 Å². The molecule has 24 heavy (non-hydrogen) atoms. The van der Waals surface area contributed by atoms with E-state index in [1.165, 1.54) is 29.3 Å². The molecule has 0 unspecified atom stereocenters. The molecule has 0 atom stereocenters. The van der Waals surface area contributed by atoms with Crippen molar-refractivity contribution < 1.29 is 14.2 Å². The molecule has 1 amide bonds. The number of hydrazone groups is 1. The average Bonchev–Trinajstić information content (AvgIpc) is 3.29. The lowest BCUT2D eigenvalue weighted by atomic mass is 10.3. The third kappa shape index (κ3) is 3.13. The lowest BCUT2D eigenvalue weighted by Gasteiger charge is -2.03. The van der Waals surface area contributed by atoms with Crippen LogP contribution in [0.3, 0.4) is 0 Å². The van der Waals surface area contributed by atoms with Crippen LogP contribution in [0.2, 0.25) is 0 Å². The van der Waals surface area contributed by atoms with Gasteiger partial charge in [0.25, 0.3) is 5.91 Å². The minimum absolute atomic E-state index is 0.0138. The molecule has 0 radical (unpaired) electrons. The maximum Gasteiger partial charge on any atom is 0.293 e. The van der Waals surface area contributed by atoms with Crippen LogP contribution >= 0.6 is 11.3 Å². The highest BCUT2D eigenvalue weighted by Gasteiger charge is 2.23. The number of rotatable bonds is 6. The van der Waals surface area contributed by atoms with Crippen LogP contribution in [0, 0.1) is 0 Å². The van der Waals surface area contributed by atoms with Crippen molar-refractivity contribution in [2.45, 2.75) is 6.61 Å². The Bertz CT molecular complexity index is 854. The van der Waals surface area contributed by atoms with Crippen molar-refractivity contribution >= 4 is 29.3 Å². The Hall–Kier alpha value is -3.12. The summed E-state index contributed by atoms with van der Waals surface area (Å²) >= 11 is 1.49. The zero-order chi connectivity index (χ0) is 16.9. The van der Waals surface area contributed by atoms with Crippen LogP contribution in [-0.2, 0) is 11.3 Å². The average molecular weight is 348 g/mol. The fraction of sp³-hybridized carbons (Fsp3) is 0.167. The predicted molar refractivity (Wildman–Crippen MR) is 83.7 cm³/mol. The molecule has 0 bridgehead atoms. The number of methoxy groups -OCH3 is 1. The van der Waals surface area contributed by atoms with Crippen LogP contribution in [0.4, 0.5) is 5.82 Å². The second-order valence-corrected chi connectivity index (χ2v) is 5.40. The van der Waals surface area contributed by atoms with E-state index in [9.17, 15) is 4.79 Å². The molecule has 0 aliphatic rings. The highest BCUT2D eigenvalue weighted by Crippen LogP contribution is 2.16. The van der Waals surface area contributed by atoms with Gasteiger partial charge in [-0.2, -0.15) is 9.78 Å². The Kier molecular flexibility index (Phi) is 4.58. The number of ether oxygens (including phenoxy) is 1. The van der Waals surface area contributed by atoms with E-state index in [0.717, 1.165) is 4.88 Å². The van der Waals surface area contributed by atoms with Crippen LogP contribution < -0.4 is 11.2 Å². The third-order valence-corrected chi connectivity index (χ3v) is 3.66. The Morgan fingerprint density at radius 2 is 2.46 bits per heavy atom. The van der Waals surface area contributed by atoms with Gasteiger partial charge in [-0.1, -0.05) is 11.3 Å². The first kappa shape index (κ1) is 15.8. The molecule has 12 heteroatoms.